The summed E-state index contributed by atoms with van der Waals surface area (Å²) in [5, 5.41) is 0. The van der Waals surface area contributed by atoms with Gasteiger partial charge in [0.15, 0.2) is 0 Å². The van der Waals surface area contributed by atoms with Gasteiger partial charge in [-0.2, -0.15) is 0 Å². The predicted molar refractivity (Wildman–Crippen MR) is 56.7 cm³/mol. The summed E-state index contributed by atoms with van der Waals surface area (Å²) in [5.41, 5.74) is 0. The van der Waals surface area contributed by atoms with Crippen LogP contribution in [-0.2, 0) is 0 Å². The molecule has 0 heterocycles. The highest BCUT2D eigenvalue weighted by Gasteiger charge is 1.83. The van der Waals surface area contributed by atoms with Gasteiger partial charge in [0, 0.05) is 6.42 Å². The lowest BCUT2D eigenvalue weighted by atomic mass is 10.3. The van der Waals surface area contributed by atoms with Crippen molar-refractivity contribution in [2.45, 2.75) is 20.3 Å². The van der Waals surface area contributed by atoms with E-state index in [-0.39, 0.29) is 0 Å². The van der Waals surface area contributed by atoms with Gasteiger partial charge in [0.05, 0.1) is 6.61 Å². The van der Waals surface area contributed by atoms with Crippen LogP contribution in [0.25, 0.3) is 0 Å². The van der Waals surface area contributed by atoms with Crippen LogP contribution in [0.3, 0.4) is 0 Å². The summed E-state index contributed by atoms with van der Waals surface area (Å²) in [6.45, 7) is 4.66. The second-order valence-electron chi connectivity index (χ2n) is 2.30. The summed E-state index contributed by atoms with van der Waals surface area (Å²) < 4.78 is 5.21. The summed E-state index contributed by atoms with van der Waals surface area (Å²) in [7, 11) is 0. The molecule has 0 amide bonds. The van der Waals surface area contributed by atoms with E-state index in [1.807, 2.05) is 44.2 Å². The van der Waals surface area contributed by atoms with E-state index >= 15 is 0 Å². The van der Waals surface area contributed by atoms with Crippen molar-refractivity contribution in [1.82, 2.24) is 0 Å². The quantitative estimate of drug-likeness (QED) is 0.629. The normalized spacial score (nSPS) is 7.77. The molecular formula is C12H16O. The van der Waals surface area contributed by atoms with Crippen LogP contribution in [0.5, 0.6) is 5.75 Å². The molecule has 0 aliphatic rings. The molecule has 0 aliphatic heterocycles. The van der Waals surface area contributed by atoms with Crippen molar-refractivity contribution in [3.63, 3.8) is 0 Å². The van der Waals surface area contributed by atoms with E-state index in [1.54, 1.807) is 0 Å². The van der Waals surface area contributed by atoms with Crippen molar-refractivity contribution in [1.29, 1.82) is 0 Å². The molecule has 13 heavy (non-hydrogen) atoms. The molecule has 0 radical (unpaired) electrons. The summed E-state index contributed by atoms with van der Waals surface area (Å²) in [4.78, 5) is 0. The Hall–Kier alpha value is -1.42. The first kappa shape index (κ1) is 11.6. The van der Waals surface area contributed by atoms with E-state index in [2.05, 4.69) is 5.92 Å². The van der Waals surface area contributed by atoms with Crippen LogP contribution in [0.4, 0.5) is 0 Å². The van der Waals surface area contributed by atoms with Crippen molar-refractivity contribution in [3.8, 4) is 18.1 Å². The number of para-hydroxylation sites is 1. The highest BCUT2D eigenvalue weighted by molar-refractivity contribution is 5.20. The van der Waals surface area contributed by atoms with E-state index in [0.717, 1.165) is 18.8 Å². The van der Waals surface area contributed by atoms with E-state index in [0.29, 0.717) is 0 Å². The van der Waals surface area contributed by atoms with Crippen molar-refractivity contribution in [2.24, 2.45) is 0 Å². The van der Waals surface area contributed by atoms with Gasteiger partial charge in [-0.25, -0.2) is 0 Å². The van der Waals surface area contributed by atoms with E-state index in [4.69, 9.17) is 11.2 Å². The maximum absolute atomic E-state index is 5.21. The van der Waals surface area contributed by atoms with Gasteiger partial charge < -0.3 is 4.74 Å². The second kappa shape index (κ2) is 8.67. The number of benzene rings is 1. The smallest absolute Gasteiger partial charge is 0.119 e. The van der Waals surface area contributed by atoms with Crippen LogP contribution in [0.15, 0.2) is 30.3 Å². The number of rotatable bonds is 2. The summed E-state index contributed by atoms with van der Waals surface area (Å²) >= 11 is 0. The van der Waals surface area contributed by atoms with Gasteiger partial charge in [0.1, 0.15) is 5.75 Å². The molecule has 0 saturated carbocycles. The van der Waals surface area contributed by atoms with Crippen LogP contribution >= 0.6 is 0 Å². The van der Waals surface area contributed by atoms with Gasteiger partial charge in [0.25, 0.3) is 0 Å². The summed E-state index contributed by atoms with van der Waals surface area (Å²) in [5.74, 6) is 3.38. The Bertz CT molecular complexity index is 233. The lowest BCUT2D eigenvalue weighted by molar-refractivity contribution is 0.340. The number of ether oxygens (including phenoxy) is 1. The molecule has 0 spiro atoms. The van der Waals surface area contributed by atoms with Gasteiger partial charge in [-0.05, 0) is 19.1 Å². The van der Waals surface area contributed by atoms with Crippen LogP contribution in [0.2, 0.25) is 0 Å². The van der Waals surface area contributed by atoms with Gasteiger partial charge in [0.2, 0.25) is 0 Å². The average molecular weight is 176 g/mol. The minimum atomic E-state index is 0.740. The van der Waals surface area contributed by atoms with Crippen molar-refractivity contribution in [3.05, 3.63) is 30.3 Å². The molecule has 0 aromatic heterocycles. The average Bonchev–Trinajstić information content (AvgIpc) is 2.20. The Morgan fingerprint density at radius 3 is 2.15 bits per heavy atom. The van der Waals surface area contributed by atoms with Gasteiger partial charge in [-0.3, -0.25) is 0 Å². The highest BCUT2D eigenvalue weighted by atomic mass is 16.5. The Balaban J connectivity index is 0.000000310. The fraction of sp³-hybridized carbons (Fsp3) is 0.333. The third kappa shape index (κ3) is 6.96. The molecule has 1 aromatic rings. The third-order valence-electron chi connectivity index (χ3n) is 1.26. The first-order valence-corrected chi connectivity index (χ1v) is 4.46. The molecule has 1 heteroatoms. The van der Waals surface area contributed by atoms with Crippen LogP contribution < -0.4 is 4.74 Å². The molecule has 0 aliphatic carbocycles. The SMILES string of the molecule is C#CCC.CCOc1ccccc1. The number of terminal acetylenes is 1. The zero-order valence-electron chi connectivity index (χ0n) is 8.29. The van der Waals surface area contributed by atoms with E-state index < -0.39 is 0 Å². The molecule has 1 aromatic carbocycles. The monoisotopic (exact) mass is 176 g/mol. The molecule has 1 nitrogen and oxygen atoms in total. The lowest BCUT2D eigenvalue weighted by Crippen LogP contribution is -1.89. The van der Waals surface area contributed by atoms with E-state index in [1.165, 1.54) is 0 Å². The van der Waals surface area contributed by atoms with Crippen LogP contribution in [0, 0.1) is 12.3 Å². The Kier molecular flexibility index (Phi) is 7.73. The van der Waals surface area contributed by atoms with Crippen LogP contribution in [-0.4, -0.2) is 6.61 Å². The maximum Gasteiger partial charge on any atom is 0.119 e. The minimum absolute atomic E-state index is 0.740. The molecule has 0 saturated heterocycles. The van der Waals surface area contributed by atoms with Gasteiger partial charge >= 0.3 is 0 Å². The zero-order chi connectivity index (χ0) is 9.94. The maximum atomic E-state index is 5.21. The first-order valence-electron chi connectivity index (χ1n) is 4.46. The minimum Gasteiger partial charge on any atom is -0.494 e. The van der Waals surface area contributed by atoms with Crippen LogP contribution in [0.1, 0.15) is 20.3 Å². The lowest BCUT2D eigenvalue weighted by Gasteiger charge is -1.99. The topological polar surface area (TPSA) is 9.23 Å². The molecule has 70 valence electrons. The first-order chi connectivity index (χ1) is 6.35. The molecule has 0 atom stereocenters. The molecule has 0 bridgehead atoms. The summed E-state index contributed by atoms with van der Waals surface area (Å²) in [6, 6.07) is 9.80. The Labute approximate surface area is 80.7 Å². The molecule has 1 rings (SSSR count). The van der Waals surface area contributed by atoms with Gasteiger partial charge in [-0.15, -0.1) is 12.3 Å². The zero-order valence-corrected chi connectivity index (χ0v) is 8.29. The molecule has 0 fully saturated rings. The second-order valence-corrected chi connectivity index (χ2v) is 2.30. The largest absolute Gasteiger partial charge is 0.494 e. The number of hydrogen-bond acceptors (Lipinski definition) is 1. The third-order valence-corrected chi connectivity index (χ3v) is 1.26. The molecule has 0 N–H and O–H groups in total. The Morgan fingerprint density at radius 1 is 1.23 bits per heavy atom. The van der Waals surface area contributed by atoms with Gasteiger partial charge in [-0.1, -0.05) is 25.1 Å². The molecular weight excluding hydrogens is 160 g/mol. The summed E-state index contributed by atoms with van der Waals surface area (Å²) in [6.07, 6.45) is 5.62. The van der Waals surface area contributed by atoms with Crippen molar-refractivity contribution in [2.75, 3.05) is 6.61 Å². The fourth-order valence-electron chi connectivity index (χ4n) is 0.683. The van der Waals surface area contributed by atoms with E-state index in [9.17, 15) is 0 Å². The standard InChI is InChI=1S/C8H10O.C4H6/c1-2-9-8-6-4-3-5-7-8;1-3-4-2/h3-7H,2H2,1H3;1H,4H2,2H3. The van der Waals surface area contributed by atoms with Crippen molar-refractivity contribution >= 4 is 0 Å². The highest BCUT2D eigenvalue weighted by Crippen LogP contribution is 2.06. The van der Waals surface area contributed by atoms with Crippen molar-refractivity contribution < 1.29 is 4.74 Å². The molecule has 0 unspecified atom stereocenters. The Morgan fingerprint density at radius 2 is 1.77 bits per heavy atom. The fourth-order valence-corrected chi connectivity index (χ4v) is 0.683. The predicted octanol–water partition coefficient (Wildman–Crippen LogP) is 3.11. The number of hydrogen-bond donors (Lipinski definition) is 0.